The fourth-order valence-electron chi connectivity index (χ4n) is 1.90. The van der Waals surface area contributed by atoms with Crippen molar-refractivity contribution < 1.29 is 9.53 Å². The average Bonchev–Trinajstić information content (AvgIpc) is 2.40. The second kappa shape index (κ2) is 8.35. The zero-order valence-electron chi connectivity index (χ0n) is 12.0. The van der Waals surface area contributed by atoms with E-state index in [2.05, 4.69) is 37.1 Å². The van der Waals surface area contributed by atoms with Crippen LogP contribution in [-0.2, 0) is 9.53 Å². The van der Waals surface area contributed by atoms with Crippen molar-refractivity contribution in [3.63, 3.8) is 0 Å². The predicted octanol–water partition coefficient (Wildman–Crippen LogP) is 3.27. The van der Waals surface area contributed by atoms with E-state index < -0.39 is 0 Å². The minimum atomic E-state index is -0.164. The SMILES string of the molecule is CCOC(=O)C/C=C/[C@@H](C)CN(C)c1ccccc1. The van der Waals surface area contributed by atoms with Crippen molar-refractivity contribution in [1.82, 2.24) is 0 Å². The minimum absolute atomic E-state index is 0.164. The van der Waals surface area contributed by atoms with Gasteiger partial charge in [0.15, 0.2) is 0 Å². The zero-order valence-corrected chi connectivity index (χ0v) is 12.0. The summed E-state index contributed by atoms with van der Waals surface area (Å²) in [6.45, 7) is 5.32. The molecule has 0 unspecified atom stereocenters. The molecule has 0 heterocycles. The lowest BCUT2D eigenvalue weighted by Crippen LogP contribution is -2.22. The van der Waals surface area contributed by atoms with E-state index in [9.17, 15) is 4.79 Å². The van der Waals surface area contributed by atoms with Crippen LogP contribution < -0.4 is 4.90 Å². The van der Waals surface area contributed by atoms with Crippen LogP contribution in [0, 0.1) is 5.92 Å². The van der Waals surface area contributed by atoms with Crippen molar-refractivity contribution in [2.75, 3.05) is 25.1 Å². The van der Waals surface area contributed by atoms with Crippen LogP contribution >= 0.6 is 0 Å². The van der Waals surface area contributed by atoms with Crippen LogP contribution in [0.2, 0.25) is 0 Å². The Kier molecular flexibility index (Phi) is 6.72. The van der Waals surface area contributed by atoms with Gasteiger partial charge < -0.3 is 9.64 Å². The summed E-state index contributed by atoms with van der Waals surface area (Å²) in [5, 5.41) is 0. The van der Waals surface area contributed by atoms with E-state index in [1.165, 1.54) is 5.69 Å². The van der Waals surface area contributed by atoms with Gasteiger partial charge in [0, 0.05) is 19.3 Å². The van der Waals surface area contributed by atoms with Crippen molar-refractivity contribution in [3.05, 3.63) is 42.5 Å². The molecule has 104 valence electrons. The molecule has 1 aromatic carbocycles. The number of esters is 1. The lowest BCUT2D eigenvalue weighted by Gasteiger charge is -2.21. The molecule has 0 saturated carbocycles. The number of carbonyl (C=O) groups excluding carboxylic acids is 1. The molecule has 0 aliphatic rings. The smallest absolute Gasteiger partial charge is 0.309 e. The summed E-state index contributed by atoms with van der Waals surface area (Å²) in [6, 6.07) is 10.3. The van der Waals surface area contributed by atoms with E-state index in [1.54, 1.807) is 0 Å². The lowest BCUT2D eigenvalue weighted by atomic mass is 10.1. The van der Waals surface area contributed by atoms with Crippen LogP contribution in [0.25, 0.3) is 0 Å². The summed E-state index contributed by atoms with van der Waals surface area (Å²) >= 11 is 0. The first-order chi connectivity index (χ1) is 9.13. The quantitative estimate of drug-likeness (QED) is 0.557. The van der Waals surface area contributed by atoms with Gasteiger partial charge in [-0.15, -0.1) is 0 Å². The van der Waals surface area contributed by atoms with Crippen molar-refractivity contribution in [2.45, 2.75) is 20.3 Å². The van der Waals surface area contributed by atoms with Gasteiger partial charge in [0.1, 0.15) is 0 Å². The Hall–Kier alpha value is -1.77. The molecule has 1 atom stereocenters. The third kappa shape index (κ3) is 6.09. The number of anilines is 1. The number of rotatable bonds is 7. The standard InChI is InChI=1S/C16H23NO2/c1-4-19-16(18)12-8-9-14(2)13-17(3)15-10-6-5-7-11-15/h5-11,14H,4,12-13H2,1-3H3/b9-8+/t14-/m1/s1. The highest BCUT2D eigenvalue weighted by Crippen LogP contribution is 2.13. The molecule has 0 aromatic heterocycles. The lowest BCUT2D eigenvalue weighted by molar-refractivity contribution is -0.142. The van der Waals surface area contributed by atoms with Crippen molar-refractivity contribution in [1.29, 1.82) is 0 Å². The monoisotopic (exact) mass is 261 g/mol. The maximum absolute atomic E-state index is 11.2. The maximum atomic E-state index is 11.2. The van der Waals surface area contributed by atoms with Crippen LogP contribution in [0.15, 0.2) is 42.5 Å². The van der Waals surface area contributed by atoms with E-state index in [0.717, 1.165) is 6.54 Å². The molecule has 0 aliphatic carbocycles. The molecule has 0 radical (unpaired) electrons. The van der Waals surface area contributed by atoms with Crippen LogP contribution in [-0.4, -0.2) is 26.2 Å². The molecule has 1 rings (SSSR count). The Labute approximate surface area is 115 Å². The zero-order chi connectivity index (χ0) is 14.1. The molecule has 0 aliphatic heterocycles. The molecule has 0 saturated heterocycles. The topological polar surface area (TPSA) is 29.5 Å². The number of hydrogen-bond donors (Lipinski definition) is 0. The van der Waals surface area contributed by atoms with E-state index in [-0.39, 0.29) is 5.97 Å². The van der Waals surface area contributed by atoms with Gasteiger partial charge in [0.05, 0.1) is 13.0 Å². The first-order valence-corrected chi connectivity index (χ1v) is 6.72. The first kappa shape index (κ1) is 15.3. The Bertz CT molecular complexity index is 400. The van der Waals surface area contributed by atoms with Crippen molar-refractivity contribution in [3.8, 4) is 0 Å². The highest BCUT2D eigenvalue weighted by atomic mass is 16.5. The van der Waals surface area contributed by atoms with Gasteiger partial charge in [-0.2, -0.15) is 0 Å². The largest absolute Gasteiger partial charge is 0.466 e. The fraction of sp³-hybridized carbons (Fsp3) is 0.438. The molecule has 3 nitrogen and oxygen atoms in total. The third-order valence-electron chi connectivity index (χ3n) is 2.81. The number of ether oxygens (including phenoxy) is 1. The Morgan fingerprint density at radius 2 is 2.05 bits per heavy atom. The highest BCUT2D eigenvalue weighted by Gasteiger charge is 2.04. The summed E-state index contributed by atoms with van der Waals surface area (Å²) in [7, 11) is 2.07. The van der Waals surface area contributed by atoms with E-state index >= 15 is 0 Å². The number of nitrogens with zero attached hydrogens (tertiary/aromatic N) is 1. The molecular formula is C16H23NO2. The van der Waals surface area contributed by atoms with Gasteiger partial charge in [-0.1, -0.05) is 37.3 Å². The number of para-hydroxylation sites is 1. The van der Waals surface area contributed by atoms with Crippen LogP contribution in [0.5, 0.6) is 0 Å². The van der Waals surface area contributed by atoms with Crippen LogP contribution in [0.3, 0.4) is 0 Å². The molecule has 0 bridgehead atoms. The summed E-state index contributed by atoms with van der Waals surface area (Å²) in [6.07, 6.45) is 4.31. The molecular weight excluding hydrogens is 238 g/mol. The fourth-order valence-corrected chi connectivity index (χ4v) is 1.90. The maximum Gasteiger partial charge on any atom is 0.309 e. The first-order valence-electron chi connectivity index (χ1n) is 6.72. The van der Waals surface area contributed by atoms with E-state index in [0.29, 0.717) is 18.9 Å². The molecule has 3 heteroatoms. The molecule has 0 fully saturated rings. The molecule has 1 aromatic rings. The Balaban J connectivity index is 2.36. The van der Waals surface area contributed by atoms with Gasteiger partial charge in [-0.25, -0.2) is 0 Å². The van der Waals surface area contributed by atoms with Gasteiger partial charge in [-0.3, -0.25) is 4.79 Å². The van der Waals surface area contributed by atoms with Gasteiger partial charge >= 0.3 is 5.97 Å². The van der Waals surface area contributed by atoms with E-state index in [1.807, 2.05) is 31.2 Å². The van der Waals surface area contributed by atoms with Crippen molar-refractivity contribution in [2.24, 2.45) is 5.92 Å². The van der Waals surface area contributed by atoms with Gasteiger partial charge in [0.25, 0.3) is 0 Å². The summed E-state index contributed by atoms with van der Waals surface area (Å²) < 4.78 is 4.87. The normalized spacial score (nSPS) is 12.4. The number of carbonyl (C=O) groups is 1. The Morgan fingerprint density at radius 3 is 2.68 bits per heavy atom. The molecule has 19 heavy (non-hydrogen) atoms. The molecule has 0 N–H and O–H groups in total. The van der Waals surface area contributed by atoms with Gasteiger partial charge in [-0.05, 0) is 25.0 Å². The second-order valence-corrected chi connectivity index (χ2v) is 4.63. The van der Waals surface area contributed by atoms with Crippen molar-refractivity contribution >= 4 is 11.7 Å². The minimum Gasteiger partial charge on any atom is -0.466 e. The Morgan fingerprint density at radius 1 is 1.37 bits per heavy atom. The van der Waals surface area contributed by atoms with Gasteiger partial charge in [0.2, 0.25) is 0 Å². The summed E-state index contributed by atoms with van der Waals surface area (Å²) in [5.74, 6) is 0.224. The summed E-state index contributed by atoms with van der Waals surface area (Å²) in [5.41, 5.74) is 1.20. The highest BCUT2D eigenvalue weighted by molar-refractivity contribution is 5.71. The van der Waals surface area contributed by atoms with Crippen LogP contribution in [0.1, 0.15) is 20.3 Å². The summed E-state index contributed by atoms with van der Waals surface area (Å²) in [4.78, 5) is 13.4. The third-order valence-corrected chi connectivity index (χ3v) is 2.81. The van der Waals surface area contributed by atoms with Crippen LogP contribution in [0.4, 0.5) is 5.69 Å². The molecule has 0 amide bonds. The number of benzene rings is 1. The average molecular weight is 261 g/mol. The second-order valence-electron chi connectivity index (χ2n) is 4.63. The predicted molar refractivity (Wildman–Crippen MR) is 79.3 cm³/mol. The van der Waals surface area contributed by atoms with E-state index in [4.69, 9.17) is 4.74 Å². The number of hydrogen-bond acceptors (Lipinski definition) is 3. The molecule has 0 spiro atoms.